The van der Waals surface area contributed by atoms with E-state index in [9.17, 15) is 0 Å². The molecule has 0 aliphatic heterocycles. The lowest BCUT2D eigenvalue weighted by atomic mass is 10.0. The van der Waals surface area contributed by atoms with E-state index in [-0.39, 0.29) is 6.04 Å². The minimum atomic E-state index is 0.278. The molecule has 0 radical (unpaired) electrons. The SMILES string of the molecule is CCN(C)c1cccc(OC)c1C(C)NC. The van der Waals surface area contributed by atoms with Crippen LogP contribution in [-0.2, 0) is 0 Å². The molecular formula is C13H22N2O. The fourth-order valence-corrected chi connectivity index (χ4v) is 1.79. The Kier molecular flexibility index (Phi) is 4.62. The van der Waals surface area contributed by atoms with Crippen LogP contribution in [0.5, 0.6) is 5.75 Å². The summed E-state index contributed by atoms with van der Waals surface area (Å²) in [4.78, 5) is 2.23. The molecule has 0 saturated carbocycles. The van der Waals surface area contributed by atoms with Crippen molar-refractivity contribution in [2.24, 2.45) is 0 Å². The number of hydrogen-bond donors (Lipinski definition) is 1. The molecule has 0 amide bonds. The van der Waals surface area contributed by atoms with Crippen molar-refractivity contribution < 1.29 is 4.74 Å². The Bertz CT molecular complexity index is 339. The van der Waals surface area contributed by atoms with E-state index in [1.807, 2.05) is 19.2 Å². The molecule has 90 valence electrons. The third-order valence-electron chi connectivity index (χ3n) is 3.01. The maximum Gasteiger partial charge on any atom is 0.125 e. The highest BCUT2D eigenvalue weighted by molar-refractivity contribution is 5.60. The molecular weight excluding hydrogens is 200 g/mol. The van der Waals surface area contributed by atoms with E-state index >= 15 is 0 Å². The topological polar surface area (TPSA) is 24.5 Å². The van der Waals surface area contributed by atoms with Crippen LogP contribution in [-0.4, -0.2) is 27.7 Å². The third kappa shape index (κ3) is 2.47. The number of hydrogen-bond acceptors (Lipinski definition) is 3. The molecule has 0 bridgehead atoms. The van der Waals surface area contributed by atoms with Gasteiger partial charge in [-0.15, -0.1) is 0 Å². The zero-order chi connectivity index (χ0) is 12.1. The smallest absolute Gasteiger partial charge is 0.125 e. The van der Waals surface area contributed by atoms with E-state index in [1.54, 1.807) is 7.11 Å². The van der Waals surface area contributed by atoms with Crippen LogP contribution in [0, 0.1) is 0 Å². The lowest BCUT2D eigenvalue weighted by Crippen LogP contribution is -2.22. The van der Waals surface area contributed by atoms with E-state index in [4.69, 9.17) is 4.74 Å². The standard InChI is InChI=1S/C13H22N2O/c1-6-15(4)11-8-7-9-12(16-5)13(11)10(2)14-3/h7-10,14H,6H2,1-5H3. The molecule has 1 atom stereocenters. The zero-order valence-electron chi connectivity index (χ0n) is 10.9. The van der Waals surface area contributed by atoms with Gasteiger partial charge in [-0.3, -0.25) is 0 Å². The molecule has 0 aliphatic carbocycles. The van der Waals surface area contributed by atoms with E-state index < -0.39 is 0 Å². The number of ether oxygens (including phenoxy) is 1. The highest BCUT2D eigenvalue weighted by atomic mass is 16.5. The second-order valence-electron chi connectivity index (χ2n) is 3.92. The molecule has 0 aliphatic rings. The number of anilines is 1. The van der Waals surface area contributed by atoms with Gasteiger partial charge in [0.15, 0.2) is 0 Å². The Hall–Kier alpha value is -1.22. The normalized spacial score (nSPS) is 12.3. The van der Waals surface area contributed by atoms with Crippen LogP contribution >= 0.6 is 0 Å². The zero-order valence-corrected chi connectivity index (χ0v) is 10.9. The van der Waals surface area contributed by atoms with Crippen molar-refractivity contribution in [1.29, 1.82) is 0 Å². The van der Waals surface area contributed by atoms with Crippen LogP contribution in [0.2, 0.25) is 0 Å². The first-order valence-corrected chi connectivity index (χ1v) is 5.71. The molecule has 0 heterocycles. The summed E-state index contributed by atoms with van der Waals surface area (Å²) in [5.74, 6) is 0.944. The summed E-state index contributed by atoms with van der Waals surface area (Å²) >= 11 is 0. The maximum absolute atomic E-state index is 5.44. The number of methoxy groups -OCH3 is 1. The Morgan fingerprint density at radius 1 is 1.44 bits per heavy atom. The third-order valence-corrected chi connectivity index (χ3v) is 3.01. The molecule has 1 aromatic rings. The first-order chi connectivity index (χ1) is 7.65. The van der Waals surface area contributed by atoms with Gasteiger partial charge in [0.2, 0.25) is 0 Å². The number of benzene rings is 1. The quantitative estimate of drug-likeness (QED) is 0.828. The van der Waals surface area contributed by atoms with Gasteiger partial charge in [-0.2, -0.15) is 0 Å². The molecule has 0 spiro atoms. The molecule has 3 heteroatoms. The van der Waals surface area contributed by atoms with Crippen molar-refractivity contribution >= 4 is 5.69 Å². The van der Waals surface area contributed by atoms with E-state index in [1.165, 1.54) is 11.3 Å². The lowest BCUT2D eigenvalue weighted by molar-refractivity contribution is 0.404. The minimum Gasteiger partial charge on any atom is -0.496 e. The Balaban J connectivity index is 3.25. The second-order valence-corrected chi connectivity index (χ2v) is 3.92. The van der Waals surface area contributed by atoms with Gasteiger partial charge in [-0.1, -0.05) is 6.07 Å². The van der Waals surface area contributed by atoms with Crippen molar-refractivity contribution in [3.05, 3.63) is 23.8 Å². The van der Waals surface area contributed by atoms with Crippen molar-refractivity contribution in [2.45, 2.75) is 19.9 Å². The number of rotatable bonds is 5. The highest BCUT2D eigenvalue weighted by Crippen LogP contribution is 2.33. The fraction of sp³-hybridized carbons (Fsp3) is 0.538. The van der Waals surface area contributed by atoms with E-state index in [0.717, 1.165) is 12.3 Å². The van der Waals surface area contributed by atoms with Gasteiger partial charge in [-0.25, -0.2) is 0 Å². The summed E-state index contributed by atoms with van der Waals surface area (Å²) < 4.78 is 5.44. The molecule has 1 N–H and O–H groups in total. The van der Waals surface area contributed by atoms with Crippen LogP contribution in [0.3, 0.4) is 0 Å². The minimum absolute atomic E-state index is 0.278. The summed E-state index contributed by atoms with van der Waals surface area (Å²) in [7, 11) is 5.78. The van der Waals surface area contributed by atoms with Gasteiger partial charge in [-0.05, 0) is 33.0 Å². The predicted octanol–water partition coefficient (Wildman–Crippen LogP) is 2.43. The van der Waals surface area contributed by atoms with Crippen LogP contribution < -0.4 is 15.0 Å². The number of nitrogens with one attached hydrogen (secondary N) is 1. The summed E-state index contributed by atoms with van der Waals surface area (Å²) in [5.41, 5.74) is 2.44. The molecule has 1 unspecified atom stereocenters. The Labute approximate surface area is 98.4 Å². The molecule has 0 aromatic heterocycles. The molecule has 1 rings (SSSR count). The Morgan fingerprint density at radius 3 is 2.62 bits per heavy atom. The summed E-state index contributed by atoms with van der Waals surface area (Å²) in [6, 6.07) is 6.46. The van der Waals surface area contributed by atoms with Gasteiger partial charge in [0.25, 0.3) is 0 Å². The van der Waals surface area contributed by atoms with Crippen molar-refractivity contribution in [3.63, 3.8) is 0 Å². The second kappa shape index (κ2) is 5.75. The Morgan fingerprint density at radius 2 is 2.12 bits per heavy atom. The van der Waals surface area contributed by atoms with Crippen LogP contribution in [0.15, 0.2) is 18.2 Å². The van der Waals surface area contributed by atoms with Crippen LogP contribution in [0.1, 0.15) is 25.5 Å². The van der Waals surface area contributed by atoms with Gasteiger partial charge in [0.1, 0.15) is 5.75 Å². The molecule has 0 fully saturated rings. The fourth-order valence-electron chi connectivity index (χ4n) is 1.79. The summed E-state index contributed by atoms with van der Waals surface area (Å²) in [5, 5.41) is 3.27. The van der Waals surface area contributed by atoms with Gasteiger partial charge < -0.3 is 15.0 Å². The van der Waals surface area contributed by atoms with Gasteiger partial charge >= 0.3 is 0 Å². The predicted molar refractivity (Wildman–Crippen MR) is 69.4 cm³/mol. The van der Waals surface area contributed by atoms with Crippen molar-refractivity contribution in [2.75, 3.05) is 32.6 Å². The van der Waals surface area contributed by atoms with Gasteiger partial charge in [0, 0.05) is 30.9 Å². The number of nitrogens with zero attached hydrogens (tertiary/aromatic N) is 1. The van der Waals surface area contributed by atoms with E-state index in [2.05, 4.69) is 37.2 Å². The van der Waals surface area contributed by atoms with Crippen molar-refractivity contribution in [3.8, 4) is 5.75 Å². The largest absolute Gasteiger partial charge is 0.496 e. The first-order valence-electron chi connectivity index (χ1n) is 5.71. The average molecular weight is 222 g/mol. The molecule has 16 heavy (non-hydrogen) atoms. The lowest BCUT2D eigenvalue weighted by Gasteiger charge is -2.25. The van der Waals surface area contributed by atoms with Crippen LogP contribution in [0.25, 0.3) is 0 Å². The monoisotopic (exact) mass is 222 g/mol. The van der Waals surface area contributed by atoms with Crippen LogP contribution in [0.4, 0.5) is 5.69 Å². The molecule has 0 saturated heterocycles. The van der Waals surface area contributed by atoms with Crippen molar-refractivity contribution in [1.82, 2.24) is 5.32 Å². The maximum atomic E-state index is 5.44. The van der Waals surface area contributed by atoms with Gasteiger partial charge in [0.05, 0.1) is 7.11 Å². The highest BCUT2D eigenvalue weighted by Gasteiger charge is 2.16. The molecule has 3 nitrogen and oxygen atoms in total. The average Bonchev–Trinajstić information content (AvgIpc) is 2.35. The molecule has 1 aromatic carbocycles. The summed E-state index contributed by atoms with van der Waals surface area (Å²) in [6.07, 6.45) is 0. The summed E-state index contributed by atoms with van der Waals surface area (Å²) in [6.45, 7) is 5.27. The first kappa shape index (κ1) is 12.8. The van der Waals surface area contributed by atoms with E-state index in [0.29, 0.717) is 0 Å².